The predicted molar refractivity (Wildman–Crippen MR) is 131 cm³/mol. The highest BCUT2D eigenvalue weighted by Crippen LogP contribution is 2.27. The minimum Gasteiger partial charge on any atom is -0.324 e. The number of nitrogens with one attached hydrogen (secondary N) is 1. The Hall–Kier alpha value is -2.83. The maximum atomic E-state index is 13.5. The largest absolute Gasteiger partial charge is 0.324 e. The fourth-order valence-electron chi connectivity index (χ4n) is 3.23. The zero-order valence-corrected chi connectivity index (χ0v) is 20.2. The first-order chi connectivity index (χ1) is 15.1. The van der Waals surface area contributed by atoms with Gasteiger partial charge in [0.15, 0.2) is 0 Å². The van der Waals surface area contributed by atoms with Crippen LogP contribution in [-0.4, -0.2) is 20.9 Å². The highest BCUT2D eigenvalue weighted by Gasteiger charge is 2.27. The summed E-state index contributed by atoms with van der Waals surface area (Å²) in [6.45, 7) is 7.49. The van der Waals surface area contributed by atoms with E-state index in [4.69, 9.17) is 11.6 Å². The number of carbonyl (C=O) groups is 1. The van der Waals surface area contributed by atoms with Crippen LogP contribution in [0.5, 0.6) is 0 Å². The van der Waals surface area contributed by atoms with Crippen LogP contribution >= 0.6 is 11.6 Å². The maximum absolute atomic E-state index is 13.5. The molecule has 0 spiro atoms. The van der Waals surface area contributed by atoms with Gasteiger partial charge in [0.25, 0.3) is 10.0 Å². The molecule has 0 saturated heterocycles. The van der Waals surface area contributed by atoms with Crippen molar-refractivity contribution >= 4 is 38.9 Å². The van der Waals surface area contributed by atoms with Crippen molar-refractivity contribution in [2.45, 2.75) is 38.5 Å². The Morgan fingerprint density at radius 3 is 2.19 bits per heavy atom. The Labute approximate surface area is 195 Å². The minimum atomic E-state index is -3.96. The third-order valence-electron chi connectivity index (χ3n) is 5.22. The van der Waals surface area contributed by atoms with Crippen LogP contribution in [0.3, 0.4) is 0 Å². The van der Waals surface area contributed by atoms with Crippen molar-refractivity contribution in [2.75, 3.05) is 16.2 Å². The summed E-state index contributed by atoms with van der Waals surface area (Å²) in [5.41, 5.74) is 3.83. The van der Waals surface area contributed by atoms with Crippen molar-refractivity contribution < 1.29 is 13.2 Å². The number of hydrogen-bond donors (Lipinski definition) is 1. The summed E-state index contributed by atoms with van der Waals surface area (Å²) in [5, 5.41) is 3.27. The van der Waals surface area contributed by atoms with E-state index in [1.54, 1.807) is 54.6 Å². The molecule has 0 heterocycles. The summed E-state index contributed by atoms with van der Waals surface area (Å²) in [7, 11) is -3.96. The van der Waals surface area contributed by atoms with E-state index in [0.717, 1.165) is 21.0 Å². The van der Waals surface area contributed by atoms with Crippen LogP contribution < -0.4 is 9.62 Å². The topological polar surface area (TPSA) is 66.5 Å². The van der Waals surface area contributed by atoms with Crippen LogP contribution in [-0.2, 0) is 14.8 Å². The lowest BCUT2D eigenvalue weighted by atomic mass is 10.0. The average molecular weight is 471 g/mol. The highest BCUT2D eigenvalue weighted by atomic mass is 35.5. The van der Waals surface area contributed by atoms with E-state index in [1.807, 2.05) is 26.0 Å². The van der Waals surface area contributed by atoms with Crippen molar-refractivity contribution in [2.24, 2.45) is 0 Å². The standard InChI is InChI=1S/C25H27ClN2O3S/c1-17(2)20-8-11-22(12-9-20)28(32(30,31)23-13-5-18(3)6-14-23)16-25(29)27-24-15-21(26)10-7-19(24)4/h5-15,17H,16H2,1-4H3,(H,27,29). The number of anilines is 2. The molecular formula is C25H27ClN2O3S. The lowest BCUT2D eigenvalue weighted by molar-refractivity contribution is -0.114. The molecule has 0 aliphatic heterocycles. The zero-order chi connectivity index (χ0) is 23.5. The molecule has 0 bridgehead atoms. The van der Waals surface area contributed by atoms with Crippen molar-refractivity contribution in [1.82, 2.24) is 0 Å². The predicted octanol–water partition coefficient (Wildman–Crippen LogP) is 5.91. The number of nitrogens with zero attached hydrogens (tertiary/aromatic N) is 1. The van der Waals surface area contributed by atoms with Crippen LogP contribution in [0.1, 0.15) is 36.5 Å². The second kappa shape index (κ2) is 9.76. The first-order valence-electron chi connectivity index (χ1n) is 10.3. The lowest BCUT2D eigenvalue weighted by Gasteiger charge is -2.25. The maximum Gasteiger partial charge on any atom is 0.264 e. The molecule has 0 radical (unpaired) electrons. The molecule has 0 unspecified atom stereocenters. The molecule has 0 aliphatic carbocycles. The van der Waals surface area contributed by atoms with Gasteiger partial charge in [-0.1, -0.05) is 61.3 Å². The third kappa shape index (κ3) is 5.50. The van der Waals surface area contributed by atoms with Gasteiger partial charge >= 0.3 is 0 Å². The first-order valence-corrected chi connectivity index (χ1v) is 12.1. The molecule has 32 heavy (non-hydrogen) atoms. The molecule has 3 aromatic carbocycles. The van der Waals surface area contributed by atoms with Gasteiger partial charge in [-0.3, -0.25) is 9.10 Å². The van der Waals surface area contributed by atoms with Gasteiger partial charge in [0.1, 0.15) is 6.54 Å². The fourth-order valence-corrected chi connectivity index (χ4v) is 4.82. The van der Waals surface area contributed by atoms with E-state index in [1.165, 1.54) is 0 Å². The molecule has 3 rings (SSSR count). The van der Waals surface area contributed by atoms with Crippen molar-refractivity contribution in [3.05, 3.63) is 88.4 Å². The van der Waals surface area contributed by atoms with Gasteiger partial charge in [-0.05, 0) is 67.3 Å². The van der Waals surface area contributed by atoms with Crippen LogP contribution in [0.25, 0.3) is 0 Å². The SMILES string of the molecule is Cc1ccc(S(=O)(=O)N(CC(=O)Nc2cc(Cl)ccc2C)c2ccc(C(C)C)cc2)cc1. The summed E-state index contributed by atoms with van der Waals surface area (Å²) >= 11 is 6.05. The smallest absolute Gasteiger partial charge is 0.264 e. The van der Waals surface area contributed by atoms with Gasteiger partial charge in [0.05, 0.1) is 10.6 Å². The van der Waals surface area contributed by atoms with Gasteiger partial charge in [-0.15, -0.1) is 0 Å². The number of aryl methyl sites for hydroxylation is 2. The second-order valence-corrected chi connectivity index (χ2v) is 10.4. The Morgan fingerprint density at radius 1 is 0.969 bits per heavy atom. The number of halogens is 1. The zero-order valence-electron chi connectivity index (χ0n) is 18.6. The van der Waals surface area contributed by atoms with E-state index in [-0.39, 0.29) is 11.4 Å². The lowest BCUT2D eigenvalue weighted by Crippen LogP contribution is -2.38. The summed E-state index contributed by atoms with van der Waals surface area (Å²) < 4.78 is 28.1. The van der Waals surface area contributed by atoms with Gasteiger partial charge in [-0.2, -0.15) is 0 Å². The number of amides is 1. The van der Waals surface area contributed by atoms with Crippen molar-refractivity contribution in [3.63, 3.8) is 0 Å². The Kier molecular flexibility index (Phi) is 7.26. The first kappa shape index (κ1) is 23.8. The second-order valence-electron chi connectivity index (χ2n) is 8.08. The molecule has 0 aromatic heterocycles. The van der Waals surface area contributed by atoms with Crippen molar-refractivity contribution in [1.29, 1.82) is 0 Å². The molecule has 1 amide bonds. The third-order valence-corrected chi connectivity index (χ3v) is 7.24. The molecule has 0 aliphatic rings. The van der Waals surface area contributed by atoms with Gasteiger partial charge in [0.2, 0.25) is 5.91 Å². The summed E-state index contributed by atoms with van der Waals surface area (Å²) in [6.07, 6.45) is 0. The number of sulfonamides is 1. The van der Waals surface area contributed by atoms with Gasteiger partial charge < -0.3 is 5.32 Å². The average Bonchev–Trinajstić information content (AvgIpc) is 2.75. The van der Waals surface area contributed by atoms with E-state index in [2.05, 4.69) is 19.2 Å². The molecule has 0 saturated carbocycles. The highest BCUT2D eigenvalue weighted by molar-refractivity contribution is 7.92. The van der Waals surface area contributed by atoms with Crippen molar-refractivity contribution in [3.8, 4) is 0 Å². The van der Waals surface area contributed by atoms with E-state index >= 15 is 0 Å². The number of hydrogen-bond acceptors (Lipinski definition) is 3. The van der Waals surface area contributed by atoms with Crippen LogP contribution in [0, 0.1) is 13.8 Å². The molecule has 7 heteroatoms. The normalized spacial score (nSPS) is 11.4. The van der Waals surface area contributed by atoms with E-state index in [0.29, 0.717) is 22.3 Å². The van der Waals surface area contributed by atoms with Gasteiger partial charge in [-0.25, -0.2) is 8.42 Å². The Bertz CT molecular complexity index is 1200. The molecule has 1 N–H and O–H groups in total. The minimum absolute atomic E-state index is 0.128. The quantitative estimate of drug-likeness (QED) is 0.466. The van der Waals surface area contributed by atoms with Gasteiger partial charge in [0, 0.05) is 10.7 Å². The monoisotopic (exact) mass is 470 g/mol. The molecule has 0 fully saturated rings. The number of carbonyl (C=O) groups excluding carboxylic acids is 1. The van der Waals surface area contributed by atoms with E-state index < -0.39 is 15.9 Å². The Morgan fingerprint density at radius 2 is 1.59 bits per heavy atom. The molecule has 5 nitrogen and oxygen atoms in total. The Balaban J connectivity index is 1.97. The fraction of sp³-hybridized carbons (Fsp3) is 0.240. The number of benzene rings is 3. The van der Waals surface area contributed by atoms with E-state index in [9.17, 15) is 13.2 Å². The molecule has 168 valence electrons. The molecular weight excluding hydrogens is 444 g/mol. The van der Waals surface area contributed by atoms with Crippen LogP contribution in [0.4, 0.5) is 11.4 Å². The summed E-state index contributed by atoms with van der Waals surface area (Å²) in [6, 6.07) is 19.0. The molecule has 3 aromatic rings. The number of rotatable bonds is 7. The van der Waals surface area contributed by atoms with Crippen LogP contribution in [0.2, 0.25) is 5.02 Å². The summed E-state index contributed by atoms with van der Waals surface area (Å²) in [4.78, 5) is 13.0. The van der Waals surface area contributed by atoms with Crippen LogP contribution in [0.15, 0.2) is 71.6 Å². The molecule has 0 atom stereocenters. The summed E-state index contributed by atoms with van der Waals surface area (Å²) in [5.74, 6) is -0.153.